The molecule has 0 radical (unpaired) electrons. The van der Waals surface area contributed by atoms with E-state index < -0.39 is 0 Å². The summed E-state index contributed by atoms with van der Waals surface area (Å²) in [6, 6.07) is 2.05. The van der Waals surface area contributed by atoms with Gasteiger partial charge >= 0.3 is 0 Å². The number of ether oxygens (including phenoxy) is 3. The number of hydrogen-bond donors (Lipinski definition) is 0. The lowest BCUT2D eigenvalue weighted by Gasteiger charge is -2.20. The van der Waals surface area contributed by atoms with Crippen LogP contribution in [0.25, 0.3) is 0 Å². The van der Waals surface area contributed by atoms with Gasteiger partial charge in [0.1, 0.15) is 5.75 Å². The van der Waals surface area contributed by atoms with Crippen LogP contribution in [0.1, 0.15) is 37.3 Å². The zero-order valence-corrected chi connectivity index (χ0v) is 11.6. The van der Waals surface area contributed by atoms with Crippen molar-refractivity contribution in [3.63, 3.8) is 0 Å². The quantitative estimate of drug-likeness (QED) is 0.785. The van der Waals surface area contributed by atoms with E-state index in [1.165, 1.54) is 0 Å². The summed E-state index contributed by atoms with van der Waals surface area (Å²) >= 11 is 0. The number of rotatable bonds is 5. The summed E-state index contributed by atoms with van der Waals surface area (Å²) in [6.07, 6.45) is 1.05. The van der Waals surface area contributed by atoms with Crippen LogP contribution in [0.2, 0.25) is 0 Å². The van der Waals surface area contributed by atoms with Crippen molar-refractivity contribution < 1.29 is 14.2 Å². The first-order chi connectivity index (χ1) is 8.10. The van der Waals surface area contributed by atoms with Gasteiger partial charge in [-0.2, -0.15) is 0 Å². The van der Waals surface area contributed by atoms with Crippen LogP contribution >= 0.6 is 0 Å². The predicted octanol–water partition coefficient (Wildman–Crippen LogP) is 3.53. The second-order valence-electron chi connectivity index (χ2n) is 4.17. The van der Waals surface area contributed by atoms with E-state index in [0.717, 1.165) is 34.8 Å². The van der Waals surface area contributed by atoms with Crippen molar-refractivity contribution in [2.24, 2.45) is 0 Å². The first-order valence-electron chi connectivity index (χ1n) is 5.90. The Balaban J connectivity index is 3.47. The molecule has 1 aromatic rings. The van der Waals surface area contributed by atoms with E-state index >= 15 is 0 Å². The van der Waals surface area contributed by atoms with Crippen molar-refractivity contribution in [3.05, 3.63) is 17.2 Å². The van der Waals surface area contributed by atoms with Gasteiger partial charge in [-0.3, -0.25) is 0 Å². The topological polar surface area (TPSA) is 27.7 Å². The standard InChI is InChI=1S/C14H22O3/c1-7-9(2)11-8-12(15-4)10(3)13(16-5)14(11)17-6/h8-9H,7H2,1-6H3/t9-/m0/s1. The summed E-state index contributed by atoms with van der Waals surface area (Å²) in [7, 11) is 5.01. The predicted molar refractivity (Wildman–Crippen MR) is 69.5 cm³/mol. The summed E-state index contributed by atoms with van der Waals surface area (Å²) in [5.41, 5.74) is 2.10. The SMILES string of the molecule is CC[C@H](C)c1cc(OC)c(C)c(OC)c1OC. The maximum Gasteiger partial charge on any atom is 0.167 e. The van der Waals surface area contributed by atoms with E-state index in [4.69, 9.17) is 14.2 Å². The Bertz CT molecular complexity index is 386. The molecule has 1 aromatic carbocycles. The maximum atomic E-state index is 5.49. The molecule has 0 saturated heterocycles. The molecule has 0 aliphatic rings. The summed E-state index contributed by atoms with van der Waals surface area (Å²) in [5, 5.41) is 0. The molecule has 0 N–H and O–H groups in total. The van der Waals surface area contributed by atoms with Crippen molar-refractivity contribution in [2.75, 3.05) is 21.3 Å². The number of hydrogen-bond acceptors (Lipinski definition) is 3. The van der Waals surface area contributed by atoms with Gasteiger partial charge in [0.15, 0.2) is 11.5 Å². The third-order valence-corrected chi connectivity index (χ3v) is 3.24. The Morgan fingerprint density at radius 2 is 1.65 bits per heavy atom. The summed E-state index contributed by atoms with van der Waals surface area (Å²) in [6.45, 7) is 6.30. The van der Waals surface area contributed by atoms with Gasteiger partial charge in [0, 0.05) is 11.1 Å². The van der Waals surface area contributed by atoms with Gasteiger partial charge in [-0.1, -0.05) is 13.8 Å². The highest BCUT2D eigenvalue weighted by atomic mass is 16.5. The van der Waals surface area contributed by atoms with E-state index in [2.05, 4.69) is 13.8 Å². The summed E-state index contributed by atoms with van der Waals surface area (Å²) in [4.78, 5) is 0. The van der Waals surface area contributed by atoms with Crippen molar-refractivity contribution in [1.82, 2.24) is 0 Å². The Kier molecular flexibility index (Phi) is 4.67. The van der Waals surface area contributed by atoms with Gasteiger partial charge in [-0.05, 0) is 25.3 Å². The van der Waals surface area contributed by atoms with Crippen LogP contribution < -0.4 is 14.2 Å². The van der Waals surface area contributed by atoms with E-state index in [-0.39, 0.29) is 0 Å². The molecule has 0 amide bonds. The van der Waals surface area contributed by atoms with Crippen molar-refractivity contribution in [2.45, 2.75) is 33.1 Å². The maximum absolute atomic E-state index is 5.49. The van der Waals surface area contributed by atoms with Crippen LogP contribution in [-0.4, -0.2) is 21.3 Å². The lowest BCUT2D eigenvalue weighted by Crippen LogP contribution is -2.03. The Labute approximate surface area is 104 Å². The highest BCUT2D eigenvalue weighted by Gasteiger charge is 2.20. The molecule has 0 fully saturated rings. The van der Waals surface area contributed by atoms with Crippen LogP contribution in [0.15, 0.2) is 6.07 Å². The number of benzene rings is 1. The lowest BCUT2D eigenvalue weighted by atomic mass is 9.95. The monoisotopic (exact) mass is 238 g/mol. The minimum absolute atomic E-state index is 0.411. The zero-order chi connectivity index (χ0) is 13.0. The molecule has 3 nitrogen and oxygen atoms in total. The van der Waals surface area contributed by atoms with Crippen LogP contribution in [0.5, 0.6) is 17.2 Å². The highest BCUT2D eigenvalue weighted by molar-refractivity contribution is 5.58. The molecule has 1 rings (SSSR count). The van der Waals surface area contributed by atoms with Crippen molar-refractivity contribution in [1.29, 1.82) is 0 Å². The molecule has 17 heavy (non-hydrogen) atoms. The van der Waals surface area contributed by atoms with Crippen LogP contribution in [0, 0.1) is 6.92 Å². The first-order valence-corrected chi connectivity index (χ1v) is 5.90. The minimum atomic E-state index is 0.411. The van der Waals surface area contributed by atoms with Crippen molar-refractivity contribution in [3.8, 4) is 17.2 Å². The molecule has 0 aliphatic carbocycles. The van der Waals surface area contributed by atoms with Crippen LogP contribution in [-0.2, 0) is 0 Å². The molecule has 1 atom stereocenters. The average Bonchev–Trinajstić information content (AvgIpc) is 2.36. The highest BCUT2D eigenvalue weighted by Crippen LogP contribution is 2.43. The smallest absolute Gasteiger partial charge is 0.167 e. The fourth-order valence-electron chi connectivity index (χ4n) is 1.98. The second-order valence-corrected chi connectivity index (χ2v) is 4.17. The molecule has 0 aliphatic heterocycles. The van der Waals surface area contributed by atoms with Crippen molar-refractivity contribution >= 4 is 0 Å². The van der Waals surface area contributed by atoms with Gasteiger partial charge in [-0.25, -0.2) is 0 Å². The van der Waals surface area contributed by atoms with E-state index in [1.807, 2.05) is 13.0 Å². The summed E-state index contributed by atoms with van der Waals surface area (Å²) in [5.74, 6) is 2.84. The van der Waals surface area contributed by atoms with E-state index in [0.29, 0.717) is 5.92 Å². The molecule has 0 heterocycles. The first kappa shape index (κ1) is 13.7. The lowest BCUT2D eigenvalue weighted by molar-refractivity contribution is 0.340. The molecule has 0 bridgehead atoms. The third-order valence-electron chi connectivity index (χ3n) is 3.24. The molecule has 0 aromatic heterocycles. The second kappa shape index (κ2) is 5.80. The third kappa shape index (κ3) is 2.48. The fraction of sp³-hybridized carbons (Fsp3) is 0.571. The molecular weight excluding hydrogens is 216 g/mol. The number of methoxy groups -OCH3 is 3. The zero-order valence-electron chi connectivity index (χ0n) is 11.6. The van der Waals surface area contributed by atoms with Gasteiger partial charge in [-0.15, -0.1) is 0 Å². The Hall–Kier alpha value is -1.38. The normalized spacial score (nSPS) is 12.1. The van der Waals surface area contributed by atoms with Gasteiger partial charge in [0.25, 0.3) is 0 Å². The largest absolute Gasteiger partial charge is 0.496 e. The molecule has 3 heteroatoms. The fourth-order valence-corrected chi connectivity index (χ4v) is 1.98. The molecule has 0 unspecified atom stereocenters. The average molecular weight is 238 g/mol. The van der Waals surface area contributed by atoms with Gasteiger partial charge < -0.3 is 14.2 Å². The van der Waals surface area contributed by atoms with Crippen LogP contribution in [0.4, 0.5) is 0 Å². The molecule has 0 spiro atoms. The minimum Gasteiger partial charge on any atom is -0.496 e. The molecular formula is C14H22O3. The van der Waals surface area contributed by atoms with Crippen LogP contribution in [0.3, 0.4) is 0 Å². The Morgan fingerprint density at radius 1 is 1.06 bits per heavy atom. The van der Waals surface area contributed by atoms with Gasteiger partial charge in [0.2, 0.25) is 0 Å². The molecule has 96 valence electrons. The Morgan fingerprint density at radius 3 is 2.06 bits per heavy atom. The summed E-state index contributed by atoms with van der Waals surface area (Å²) < 4.78 is 16.3. The van der Waals surface area contributed by atoms with E-state index in [9.17, 15) is 0 Å². The van der Waals surface area contributed by atoms with E-state index in [1.54, 1.807) is 21.3 Å². The molecule has 0 saturated carbocycles. The van der Waals surface area contributed by atoms with Gasteiger partial charge in [0.05, 0.1) is 21.3 Å².